The van der Waals surface area contributed by atoms with Gasteiger partial charge < -0.3 is 9.15 Å². The molecule has 0 N–H and O–H groups in total. The van der Waals surface area contributed by atoms with Crippen LogP contribution < -0.4 is 10.3 Å². The third kappa shape index (κ3) is 3.80. The zero-order valence-electron chi connectivity index (χ0n) is 21.1. The number of nitrogens with zero attached hydrogens (tertiary/aromatic N) is 2. The monoisotopic (exact) mass is 524 g/mol. The Morgan fingerprint density at radius 1 is 1.08 bits per heavy atom. The van der Waals surface area contributed by atoms with Crippen molar-refractivity contribution >= 4 is 49.5 Å². The summed E-state index contributed by atoms with van der Waals surface area (Å²) in [7, 11) is 0. The number of aromatic nitrogens is 1. The van der Waals surface area contributed by atoms with E-state index in [9.17, 15) is 14.4 Å². The number of esters is 1. The minimum absolute atomic E-state index is 0.00953. The minimum atomic E-state index is -0.764. The quantitative estimate of drug-likeness (QED) is 0.245. The fourth-order valence-corrected chi connectivity index (χ4v) is 5.88. The average molecular weight is 525 g/mol. The number of anilines is 1. The van der Waals surface area contributed by atoms with Gasteiger partial charge in [0.25, 0.3) is 5.91 Å². The molecule has 0 saturated heterocycles. The molecule has 0 bridgehead atoms. The molecule has 0 spiro atoms. The number of amides is 1. The largest absolute Gasteiger partial charge is 0.462 e. The molecule has 5 aromatic rings. The molecule has 38 heavy (non-hydrogen) atoms. The van der Waals surface area contributed by atoms with Gasteiger partial charge in [-0.15, -0.1) is 0 Å². The zero-order chi connectivity index (χ0) is 26.6. The summed E-state index contributed by atoms with van der Waals surface area (Å²) in [6, 6.07) is 19.0. The van der Waals surface area contributed by atoms with Crippen LogP contribution in [-0.4, -0.2) is 23.5 Å². The first-order valence-corrected chi connectivity index (χ1v) is 13.3. The van der Waals surface area contributed by atoms with E-state index in [1.807, 2.05) is 12.1 Å². The molecule has 6 rings (SSSR count). The lowest BCUT2D eigenvalue weighted by Crippen LogP contribution is -2.29. The number of carbonyl (C=O) groups is 2. The maximum Gasteiger partial charge on any atom is 0.338 e. The molecule has 1 amide bonds. The van der Waals surface area contributed by atoms with Gasteiger partial charge in [0.1, 0.15) is 5.58 Å². The molecule has 0 fully saturated rings. The fraction of sp³-hybridized carbons (Fsp3) is 0.200. The Bertz CT molecular complexity index is 1780. The van der Waals surface area contributed by atoms with E-state index >= 15 is 0 Å². The fourth-order valence-electron chi connectivity index (χ4n) is 4.84. The molecule has 1 aliphatic rings. The summed E-state index contributed by atoms with van der Waals surface area (Å²) in [4.78, 5) is 46.2. The lowest BCUT2D eigenvalue weighted by atomic mass is 9.98. The Balaban J connectivity index is 1.55. The molecule has 2 aromatic heterocycles. The molecule has 1 aliphatic heterocycles. The molecule has 0 radical (unpaired) electrons. The maximum absolute atomic E-state index is 13.9. The van der Waals surface area contributed by atoms with Crippen LogP contribution in [0.2, 0.25) is 0 Å². The summed E-state index contributed by atoms with van der Waals surface area (Å²) >= 11 is 1.40. The van der Waals surface area contributed by atoms with Gasteiger partial charge in [-0.3, -0.25) is 14.5 Å². The van der Waals surface area contributed by atoms with Crippen LogP contribution in [0.25, 0.3) is 21.2 Å². The number of thiazole rings is 1. The van der Waals surface area contributed by atoms with E-state index in [0.717, 1.165) is 10.2 Å². The van der Waals surface area contributed by atoms with Crippen molar-refractivity contribution in [3.8, 4) is 0 Å². The average Bonchev–Trinajstić information content (AvgIpc) is 3.47. The third-order valence-electron chi connectivity index (χ3n) is 6.79. The van der Waals surface area contributed by atoms with Crippen molar-refractivity contribution in [1.29, 1.82) is 0 Å². The molecule has 0 saturated carbocycles. The summed E-state index contributed by atoms with van der Waals surface area (Å²) in [5, 5.41) is 0.875. The highest BCUT2D eigenvalue weighted by Crippen LogP contribution is 2.44. The van der Waals surface area contributed by atoms with Crippen LogP contribution in [0.3, 0.4) is 0 Å². The van der Waals surface area contributed by atoms with E-state index in [4.69, 9.17) is 14.1 Å². The second-order valence-electron chi connectivity index (χ2n) is 9.47. The first-order valence-electron chi connectivity index (χ1n) is 12.4. The molecular weight excluding hydrogens is 500 g/mol. The molecule has 8 heteroatoms. The smallest absolute Gasteiger partial charge is 0.338 e. The topological polar surface area (TPSA) is 89.7 Å². The number of carbonyl (C=O) groups excluding carboxylic acids is 2. The summed E-state index contributed by atoms with van der Waals surface area (Å²) in [5.41, 5.74) is 3.36. The molecule has 1 atom stereocenters. The standard InChI is InChI=1S/C30H24N2O5S/c1-4-36-29(35)18-11-9-17(10-12-18)25-24-26(33)20-7-5-6-8-22(20)37-27(24)28(34)32(25)30-31-21-14-13-19(16(2)3)15-23(21)38-30/h5-16,25H,4H2,1-3H3/t25-/m1/s1. The molecule has 3 aromatic carbocycles. The van der Waals surface area contributed by atoms with Crippen molar-refractivity contribution in [1.82, 2.24) is 4.98 Å². The first kappa shape index (κ1) is 24.1. The van der Waals surface area contributed by atoms with Crippen molar-refractivity contribution < 1.29 is 18.7 Å². The highest BCUT2D eigenvalue weighted by Gasteiger charge is 2.45. The predicted molar refractivity (Wildman–Crippen MR) is 147 cm³/mol. The van der Waals surface area contributed by atoms with Crippen molar-refractivity contribution in [3.05, 3.63) is 105 Å². The molecule has 0 unspecified atom stereocenters. The van der Waals surface area contributed by atoms with Gasteiger partial charge in [0.2, 0.25) is 5.76 Å². The van der Waals surface area contributed by atoms with Gasteiger partial charge >= 0.3 is 5.97 Å². The summed E-state index contributed by atoms with van der Waals surface area (Å²) in [6.07, 6.45) is 0. The third-order valence-corrected chi connectivity index (χ3v) is 7.81. The van der Waals surface area contributed by atoms with Crippen LogP contribution >= 0.6 is 11.3 Å². The number of rotatable bonds is 5. The maximum atomic E-state index is 13.9. The summed E-state index contributed by atoms with van der Waals surface area (Å²) < 4.78 is 12.1. The van der Waals surface area contributed by atoms with E-state index in [0.29, 0.717) is 33.1 Å². The lowest BCUT2D eigenvalue weighted by Gasteiger charge is -2.22. The highest BCUT2D eigenvalue weighted by molar-refractivity contribution is 7.22. The highest BCUT2D eigenvalue weighted by atomic mass is 32.1. The van der Waals surface area contributed by atoms with E-state index < -0.39 is 17.9 Å². The Hall–Kier alpha value is -4.30. The lowest BCUT2D eigenvalue weighted by molar-refractivity contribution is 0.0526. The molecule has 3 heterocycles. The molecule has 0 aliphatic carbocycles. The Morgan fingerprint density at radius 3 is 2.58 bits per heavy atom. The van der Waals surface area contributed by atoms with E-state index in [2.05, 4.69) is 19.9 Å². The number of para-hydroxylation sites is 1. The van der Waals surface area contributed by atoms with E-state index in [-0.39, 0.29) is 23.4 Å². The van der Waals surface area contributed by atoms with Gasteiger partial charge in [0.15, 0.2) is 10.6 Å². The van der Waals surface area contributed by atoms with Crippen LogP contribution in [0, 0.1) is 0 Å². The second kappa shape index (κ2) is 9.22. The number of fused-ring (bicyclic) bond motifs is 3. The van der Waals surface area contributed by atoms with Crippen molar-refractivity contribution in [3.63, 3.8) is 0 Å². The number of ether oxygens (including phenoxy) is 1. The summed E-state index contributed by atoms with van der Waals surface area (Å²) in [6.45, 7) is 6.27. The van der Waals surface area contributed by atoms with Crippen LogP contribution in [0.5, 0.6) is 0 Å². The Kier molecular flexibility index (Phi) is 5.84. The van der Waals surface area contributed by atoms with Crippen LogP contribution in [0.1, 0.15) is 70.3 Å². The van der Waals surface area contributed by atoms with Crippen LogP contribution in [0.15, 0.2) is 75.9 Å². The van der Waals surface area contributed by atoms with Gasteiger partial charge in [-0.25, -0.2) is 9.78 Å². The van der Waals surface area contributed by atoms with Crippen LogP contribution in [0.4, 0.5) is 5.13 Å². The Labute approximate surface area is 222 Å². The molecule has 190 valence electrons. The first-order chi connectivity index (χ1) is 18.4. The van der Waals surface area contributed by atoms with Gasteiger partial charge in [0.05, 0.1) is 39.4 Å². The Morgan fingerprint density at radius 2 is 1.84 bits per heavy atom. The van der Waals surface area contributed by atoms with Gasteiger partial charge in [-0.2, -0.15) is 0 Å². The number of hydrogen-bond donors (Lipinski definition) is 0. The minimum Gasteiger partial charge on any atom is -0.462 e. The summed E-state index contributed by atoms with van der Waals surface area (Å²) in [5.74, 6) is -0.500. The van der Waals surface area contributed by atoms with Crippen molar-refractivity contribution in [2.75, 3.05) is 11.5 Å². The normalized spacial score (nSPS) is 15.0. The van der Waals surface area contributed by atoms with E-state index in [1.165, 1.54) is 21.8 Å². The second-order valence-corrected chi connectivity index (χ2v) is 10.5. The van der Waals surface area contributed by atoms with Gasteiger partial charge in [-0.05, 0) is 60.4 Å². The van der Waals surface area contributed by atoms with Crippen molar-refractivity contribution in [2.45, 2.75) is 32.7 Å². The predicted octanol–water partition coefficient (Wildman–Crippen LogP) is 6.45. The van der Waals surface area contributed by atoms with Crippen molar-refractivity contribution in [2.24, 2.45) is 0 Å². The molecular formula is C30H24N2O5S. The SMILES string of the molecule is CCOC(=O)c1ccc([C@@H]2c3c(oc4ccccc4c3=O)C(=O)N2c2nc3ccc(C(C)C)cc3s2)cc1. The number of hydrogen-bond acceptors (Lipinski definition) is 7. The number of benzene rings is 3. The van der Waals surface area contributed by atoms with Crippen LogP contribution in [-0.2, 0) is 4.74 Å². The molecule has 7 nitrogen and oxygen atoms in total. The van der Waals surface area contributed by atoms with Gasteiger partial charge in [0, 0.05) is 0 Å². The zero-order valence-corrected chi connectivity index (χ0v) is 21.9. The van der Waals surface area contributed by atoms with E-state index in [1.54, 1.807) is 55.5 Å². The van der Waals surface area contributed by atoms with Gasteiger partial charge in [-0.1, -0.05) is 55.5 Å².